The van der Waals surface area contributed by atoms with Gasteiger partial charge in [0, 0.05) is 29.3 Å². The third kappa shape index (κ3) is 4.40. The average Bonchev–Trinajstić information content (AvgIpc) is 2.75. The molecule has 0 amide bonds. The Morgan fingerprint density at radius 2 is 1.86 bits per heavy atom. The summed E-state index contributed by atoms with van der Waals surface area (Å²) in [7, 11) is 0. The molecule has 0 aromatic heterocycles. The van der Waals surface area contributed by atoms with Gasteiger partial charge >= 0.3 is 0 Å². The van der Waals surface area contributed by atoms with E-state index in [4.69, 9.17) is 11.6 Å². The zero-order chi connectivity index (χ0) is 19.3. The molecule has 142 valence electrons. The molecule has 0 atom stereocenters. The van der Waals surface area contributed by atoms with E-state index in [2.05, 4.69) is 46.7 Å². The smallest absolute Gasteiger partial charge is 0.141 e. The molecule has 1 aliphatic rings. The van der Waals surface area contributed by atoms with Gasteiger partial charge in [0.15, 0.2) is 0 Å². The minimum Gasteiger partial charge on any atom is -0.370 e. The highest BCUT2D eigenvalue weighted by atomic mass is 35.5. The lowest BCUT2D eigenvalue weighted by molar-refractivity contribution is 0.628. The lowest BCUT2D eigenvalue weighted by Crippen LogP contribution is -2.30. The van der Waals surface area contributed by atoms with Gasteiger partial charge in [-0.2, -0.15) is 0 Å². The Bertz CT molecular complexity index is 1020. The number of rotatable bonds is 5. The molecule has 1 N–H and O–H groups in total. The van der Waals surface area contributed by atoms with Crippen molar-refractivity contribution < 1.29 is 4.39 Å². The largest absolute Gasteiger partial charge is 0.370 e. The summed E-state index contributed by atoms with van der Waals surface area (Å²) in [6, 6.07) is 21.5. The Balaban J connectivity index is 1.53. The zero-order valence-corrected chi connectivity index (χ0v) is 16.9. The van der Waals surface area contributed by atoms with Crippen molar-refractivity contribution in [3.8, 4) is 11.1 Å². The Hall–Kier alpha value is -2.30. The summed E-state index contributed by atoms with van der Waals surface area (Å²) in [5, 5.41) is 3.55. The van der Waals surface area contributed by atoms with Crippen LogP contribution < -0.4 is 5.32 Å². The van der Waals surface area contributed by atoms with Crippen LogP contribution in [0, 0.1) is 5.82 Å². The fraction of sp³-hybridized carbons (Fsp3) is 0.174. The number of amidine groups is 1. The van der Waals surface area contributed by atoms with Crippen molar-refractivity contribution in [1.82, 2.24) is 5.32 Å². The van der Waals surface area contributed by atoms with E-state index in [9.17, 15) is 4.39 Å². The Morgan fingerprint density at radius 3 is 2.68 bits per heavy atom. The first-order valence-electron chi connectivity index (χ1n) is 9.25. The first-order chi connectivity index (χ1) is 13.7. The van der Waals surface area contributed by atoms with Crippen LogP contribution in [-0.2, 0) is 5.75 Å². The molecule has 0 fully saturated rings. The van der Waals surface area contributed by atoms with Gasteiger partial charge in [0.2, 0.25) is 0 Å². The van der Waals surface area contributed by atoms with E-state index in [-0.39, 0.29) is 5.02 Å². The maximum Gasteiger partial charge on any atom is 0.141 e. The van der Waals surface area contributed by atoms with Crippen molar-refractivity contribution in [2.75, 3.05) is 13.1 Å². The second kappa shape index (κ2) is 8.80. The first kappa shape index (κ1) is 19.0. The number of hydrogen-bond acceptors (Lipinski definition) is 3. The Kier molecular flexibility index (Phi) is 5.98. The monoisotopic (exact) mass is 410 g/mol. The molecule has 5 heteroatoms. The number of nitrogens with zero attached hydrogens (tertiary/aromatic N) is 1. The molecule has 1 aliphatic heterocycles. The normalized spacial score (nSPS) is 13.7. The summed E-state index contributed by atoms with van der Waals surface area (Å²) < 4.78 is 13.4. The van der Waals surface area contributed by atoms with Gasteiger partial charge < -0.3 is 5.32 Å². The van der Waals surface area contributed by atoms with Crippen LogP contribution in [0.25, 0.3) is 11.1 Å². The molecular weight excluding hydrogens is 391 g/mol. The highest BCUT2D eigenvalue weighted by Crippen LogP contribution is 2.30. The van der Waals surface area contributed by atoms with E-state index in [0.717, 1.165) is 47.8 Å². The molecule has 0 spiro atoms. The maximum absolute atomic E-state index is 13.4. The molecule has 4 rings (SSSR count). The summed E-state index contributed by atoms with van der Waals surface area (Å²) in [4.78, 5) is 5.85. The van der Waals surface area contributed by atoms with E-state index in [1.165, 1.54) is 16.5 Å². The summed E-state index contributed by atoms with van der Waals surface area (Å²) in [5.74, 6) is 1.43. The lowest BCUT2D eigenvalue weighted by atomic mass is 10.0. The molecule has 1 heterocycles. The molecule has 0 aliphatic carbocycles. The van der Waals surface area contributed by atoms with Gasteiger partial charge in [-0.3, -0.25) is 4.99 Å². The Labute approximate surface area is 173 Å². The molecule has 0 radical (unpaired) electrons. The minimum absolute atomic E-state index is 0.145. The number of nitrogens with one attached hydrogen (secondary N) is 1. The molecule has 28 heavy (non-hydrogen) atoms. The van der Waals surface area contributed by atoms with E-state index < -0.39 is 5.82 Å². The quantitative estimate of drug-likeness (QED) is 0.508. The number of hydrogen-bond donors (Lipinski definition) is 1. The molecule has 3 aromatic rings. The SMILES string of the molecule is Fc1ccc(-c2cccc(CSc3ccccc3C3=NCCCN3)c2)cc1Cl. The van der Waals surface area contributed by atoms with E-state index >= 15 is 0 Å². The highest BCUT2D eigenvalue weighted by molar-refractivity contribution is 7.98. The van der Waals surface area contributed by atoms with Crippen LogP contribution in [0.4, 0.5) is 4.39 Å². The minimum atomic E-state index is -0.395. The summed E-state index contributed by atoms with van der Waals surface area (Å²) in [5.41, 5.74) is 4.32. The van der Waals surface area contributed by atoms with Gasteiger partial charge in [0.1, 0.15) is 11.7 Å². The van der Waals surface area contributed by atoms with Gasteiger partial charge in [-0.25, -0.2) is 4.39 Å². The summed E-state index contributed by atoms with van der Waals surface area (Å²) in [6.07, 6.45) is 1.08. The van der Waals surface area contributed by atoms with Crippen molar-refractivity contribution in [1.29, 1.82) is 0 Å². The van der Waals surface area contributed by atoms with Gasteiger partial charge in [-0.1, -0.05) is 60.1 Å². The van der Waals surface area contributed by atoms with Crippen molar-refractivity contribution in [3.63, 3.8) is 0 Å². The van der Waals surface area contributed by atoms with Gasteiger partial charge in [-0.15, -0.1) is 11.8 Å². The molecule has 0 saturated carbocycles. The number of benzene rings is 3. The molecular formula is C23H20ClFN2S. The molecule has 0 saturated heterocycles. The summed E-state index contributed by atoms with van der Waals surface area (Å²) >= 11 is 7.74. The predicted molar refractivity (Wildman–Crippen MR) is 117 cm³/mol. The Morgan fingerprint density at radius 1 is 1.00 bits per heavy atom. The van der Waals surface area contributed by atoms with Crippen molar-refractivity contribution >= 4 is 29.2 Å². The number of aliphatic imine (C=N–C) groups is 1. The van der Waals surface area contributed by atoms with Crippen LogP contribution in [0.2, 0.25) is 5.02 Å². The van der Waals surface area contributed by atoms with Gasteiger partial charge in [0.25, 0.3) is 0 Å². The highest BCUT2D eigenvalue weighted by Gasteiger charge is 2.12. The predicted octanol–water partition coefficient (Wildman–Crippen LogP) is 6.18. The molecule has 0 bridgehead atoms. The van der Waals surface area contributed by atoms with Crippen LogP contribution in [0.5, 0.6) is 0 Å². The van der Waals surface area contributed by atoms with Crippen molar-refractivity contribution in [2.24, 2.45) is 4.99 Å². The van der Waals surface area contributed by atoms with Crippen molar-refractivity contribution in [3.05, 3.63) is 88.7 Å². The standard InChI is InChI=1S/C23H20ClFN2S/c24-20-14-18(9-10-21(20)25)17-6-3-5-16(13-17)15-28-22-8-2-1-7-19(22)23-26-11-4-12-27-23/h1-3,5-10,13-14H,4,11-12,15H2,(H,26,27). The second-order valence-corrected chi connectivity index (χ2v) is 8.05. The topological polar surface area (TPSA) is 24.4 Å². The number of halogens is 2. The average molecular weight is 411 g/mol. The molecule has 3 aromatic carbocycles. The van der Waals surface area contributed by atoms with Crippen LogP contribution in [0.1, 0.15) is 17.5 Å². The van der Waals surface area contributed by atoms with E-state index in [1.807, 2.05) is 12.1 Å². The number of thioether (sulfide) groups is 1. The molecule has 0 unspecified atom stereocenters. The second-order valence-electron chi connectivity index (χ2n) is 6.62. The van der Waals surface area contributed by atoms with Crippen LogP contribution in [0.15, 0.2) is 76.6 Å². The van der Waals surface area contributed by atoms with Crippen molar-refractivity contribution in [2.45, 2.75) is 17.1 Å². The lowest BCUT2D eigenvalue weighted by Gasteiger charge is -2.17. The zero-order valence-electron chi connectivity index (χ0n) is 15.3. The van der Waals surface area contributed by atoms with Gasteiger partial charge in [0.05, 0.1) is 5.02 Å². The summed E-state index contributed by atoms with van der Waals surface area (Å²) in [6.45, 7) is 1.85. The van der Waals surface area contributed by atoms with E-state index in [1.54, 1.807) is 23.9 Å². The fourth-order valence-corrected chi connectivity index (χ4v) is 4.36. The van der Waals surface area contributed by atoms with E-state index in [0.29, 0.717) is 0 Å². The maximum atomic E-state index is 13.4. The third-order valence-corrected chi connectivity index (χ3v) is 6.05. The first-order valence-corrected chi connectivity index (χ1v) is 10.6. The van der Waals surface area contributed by atoms with Crippen LogP contribution in [-0.4, -0.2) is 18.9 Å². The fourth-order valence-electron chi connectivity index (χ4n) is 3.18. The van der Waals surface area contributed by atoms with Gasteiger partial charge in [-0.05, 0) is 41.3 Å². The third-order valence-electron chi connectivity index (χ3n) is 4.61. The van der Waals surface area contributed by atoms with Crippen LogP contribution in [0.3, 0.4) is 0 Å². The van der Waals surface area contributed by atoms with Crippen LogP contribution >= 0.6 is 23.4 Å². The molecule has 2 nitrogen and oxygen atoms in total.